The van der Waals surface area contributed by atoms with E-state index in [0.717, 1.165) is 56.9 Å². The quantitative estimate of drug-likeness (QED) is 0.647. The largest absolute Gasteiger partial charge is 0.416 e. The summed E-state index contributed by atoms with van der Waals surface area (Å²) >= 11 is 0. The van der Waals surface area contributed by atoms with Gasteiger partial charge in [0.1, 0.15) is 0 Å². The fourth-order valence-electron chi connectivity index (χ4n) is 4.39. The Balaban J connectivity index is 1.42. The van der Waals surface area contributed by atoms with Gasteiger partial charge in [-0.15, -0.1) is 0 Å². The maximum absolute atomic E-state index is 13.1. The molecule has 0 spiro atoms. The van der Waals surface area contributed by atoms with Gasteiger partial charge in [0.25, 0.3) is 5.91 Å². The molecule has 1 aromatic heterocycles. The number of likely N-dealkylation sites (tertiary alicyclic amines) is 1. The normalized spacial score (nSPS) is 20.1. The molecule has 2 aromatic rings. The molecule has 1 amide bonds. The molecule has 168 valence electrons. The highest BCUT2D eigenvalue weighted by Gasteiger charge is 2.34. The summed E-state index contributed by atoms with van der Waals surface area (Å²) in [4.78, 5) is 15.3. The van der Waals surface area contributed by atoms with Gasteiger partial charge >= 0.3 is 6.18 Å². The minimum Gasteiger partial charge on any atom is -0.352 e. The Labute approximate surface area is 180 Å². The van der Waals surface area contributed by atoms with E-state index in [1.54, 1.807) is 6.07 Å². The standard InChI is InChI=1S/C23H29F3N4O/c1-16-5-3-11-29(15-16)12-4-10-27-22(31)20-14-28-30(21(20)17-8-9-17)19-7-2-6-18(13-19)23(24,25)26/h2,6-7,13-14,16-17H,3-5,8-12,15H2,1H3,(H,27,31). The topological polar surface area (TPSA) is 50.2 Å². The van der Waals surface area contributed by atoms with Crippen LogP contribution in [0.5, 0.6) is 0 Å². The molecule has 2 fully saturated rings. The van der Waals surface area contributed by atoms with Crippen LogP contribution in [0.3, 0.4) is 0 Å². The summed E-state index contributed by atoms with van der Waals surface area (Å²) in [5.74, 6) is 0.686. The molecule has 0 radical (unpaired) electrons. The van der Waals surface area contributed by atoms with Crippen LogP contribution in [-0.2, 0) is 6.18 Å². The second kappa shape index (κ2) is 9.02. The van der Waals surface area contributed by atoms with Gasteiger partial charge in [0.05, 0.1) is 28.7 Å². The van der Waals surface area contributed by atoms with Crippen LogP contribution < -0.4 is 5.32 Å². The number of halogens is 3. The van der Waals surface area contributed by atoms with Crippen molar-refractivity contribution in [1.82, 2.24) is 20.0 Å². The van der Waals surface area contributed by atoms with Crippen molar-refractivity contribution in [2.24, 2.45) is 5.92 Å². The average Bonchev–Trinajstić information content (AvgIpc) is 3.48. The van der Waals surface area contributed by atoms with E-state index in [1.807, 2.05) is 0 Å². The van der Waals surface area contributed by atoms with Crippen LogP contribution in [0.4, 0.5) is 13.2 Å². The first kappa shape index (κ1) is 21.9. The van der Waals surface area contributed by atoms with Gasteiger partial charge in [-0.05, 0) is 69.3 Å². The molecule has 4 rings (SSSR count). The van der Waals surface area contributed by atoms with E-state index < -0.39 is 11.7 Å². The number of alkyl halides is 3. The molecule has 0 bridgehead atoms. The monoisotopic (exact) mass is 434 g/mol. The minimum atomic E-state index is -4.42. The van der Waals surface area contributed by atoms with Crippen molar-refractivity contribution < 1.29 is 18.0 Å². The number of hydrogen-bond acceptors (Lipinski definition) is 3. The number of hydrogen-bond donors (Lipinski definition) is 1. The van der Waals surface area contributed by atoms with Gasteiger partial charge in [0, 0.05) is 19.0 Å². The number of carbonyl (C=O) groups excluding carboxylic acids is 1. The predicted molar refractivity (Wildman–Crippen MR) is 112 cm³/mol. The Hall–Kier alpha value is -2.35. The predicted octanol–water partition coefficient (Wildman–Crippen LogP) is 4.62. The fourth-order valence-corrected chi connectivity index (χ4v) is 4.39. The molecular formula is C23H29F3N4O. The first-order valence-electron chi connectivity index (χ1n) is 11.1. The molecule has 1 atom stereocenters. The zero-order valence-corrected chi connectivity index (χ0v) is 17.8. The first-order valence-corrected chi connectivity index (χ1v) is 11.1. The molecule has 2 heterocycles. The van der Waals surface area contributed by atoms with Crippen molar-refractivity contribution in [1.29, 1.82) is 0 Å². The number of piperidine rings is 1. The third-order valence-electron chi connectivity index (χ3n) is 6.11. The van der Waals surface area contributed by atoms with Crippen LogP contribution in [0.25, 0.3) is 5.69 Å². The van der Waals surface area contributed by atoms with Crippen molar-refractivity contribution in [3.63, 3.8) is 0 Å². The van der Waals surface area contributed by atoms with Crippen LogP contribution in [-0.4, -0.2) is 46.8 Å². The lowest BCUT2D eigenvalue weighted by molar-refractivity contribution is -0.137. The summed E-state index contributed by atoms with van der Waals surface area (Å²) in [6.45, 7) is 6.04. The van der Waals surface area contributed by atoms with Gasteiger partial charge in [0.2, 0.25) is 0 Å². The molecule has 5 nitrogen and oxygen atoms in total. The van der Waals surface area contributed by atoms with Crippen molar-refractivity contribution in [3.8, 4) is 5.69 Å². The molecule has 1 unspecified atom stereocenters. The average molecular weight is 435 g/mol. The van der Waals surface area contributed by atoms with Gasteiger partial charge in [-0.2, -0.15) is 18.3 Å². The molecule has 2 aliphatic rings. The summed E-state index contributed by atoms with van der Waals surface area (Å²) < 4.78 is 40.9. The summed E-state index contributed by atoms with van der Waals surface area (Å²) in [5.41, 5.74) is 0.781. The SMILES string of the molecule is CC1CCCN(CCCNC(=O)c2cnn(-c3cccc(C(F)(F)F)c3)c2C2CC2)C1. The summed E-state index contributed by atoms with van der Waals surface area (Å²) in [6.07, 6.45) is 2.28. The Kier molecular flexibility index (Phi) is 6.36. The first-order chi connectivity index (χ1) is 14.8. The molecular weight excluding hydrogens is 405 g/mol. The van der Waals surface area contributed by atoms with Crippen molar-refractivity contribution in [2.75, 3.05) is 26.2 Å². The number of nitrogens with one attached hydrogen (secondary N) is 1. The highest BCUT2D eigenvalue weighted by Crippen LogP contribution is 2.42. The second-order valence-corrected chi connectivity index (χ2v) is 8.84. The molecule has 1 aromatic carbocycles. The van der Waals surface area contributed by atoms with E-state index in [2.05, 4.69) is 22.2 Å². The minimum absolute atomic E-state index is 0.160. The molecule has 1 saturated carbocycles. The lowest BCUT2D eigenvalue weighted by Gasteiger charge is -2.30. The number of rotatable bonds is 7. The lowest BCUT2D eigenvalue weighted by atomic mass is 10.0. The number of amides is 1. The number of benzene rings is 1. The maximum atomic E-state index is 13.1. The zero-order chi connectivity index (χ0) is 22.0. The van der Waals surface area contributed by atoms with Gasteiger partial charge in [-0.3, -0.25) is 4.79 Å². The Morgan fingerprint density at radius 3 is 2.77 bits per heavy atom. The van der Waals surface area contributed by atoms with E-state index in [1.165, 1.54) is 29.8 Å². The number of carbonyl (C=O) groups is 1. The van der Waals surface area contributed by atoms with Crippen LogP contribution in [0.15, 0.2) is 30.5 Å². The van der Waals surface area contributed by atoms with E-state index in [0.29, 0.717) is 23.5 Å². The highest BCUT2D eigenvalue weighted by atomic mass is 19.4. The molecule has 1 N–H and O–H groups in total. The number of aromatic nitrogens is 2. The van der Waals surface area contributed by atoms with E-state index in [-0.39, 0.29) is 11.8 Å². The molecule has 1 saturated heterocycles. The third kappa shape index (κ3) is 5.29. The van der Waals surface area contributed by atoms with Crippen LogP contribution in [0, 0.1) is 5.92 Å². The third-order valence-corrected chi connectivity index (χ3v) is 6.11. The van der Waals surface area contributed by atoms with Gasteiger partial charge in [-0.25, -0.2) is 4.68 Å². The van der Waals surface area contributed by atoms with E-state index >= 15 is 0 Å². The van der Waals surface area contributed by atoms with Crippen molar-refractivity contribution >= 4 is 5.91 Å². The Bertz CT molecular complexity index is 920. The van der Waals surface area contributed by atoms with Crippen LogP contribution in [0.2, 0.25) is 0 Å². The van der Waals surface area contributed by atoms with Gasteiger partial charge in [0.15, 0.2) is 0 Å². The maximum Gasteiger partial charge on any atom is 0.416 e. The number of nitrogens with zero attached hydrogens (tertiary/aromatic N) is 3. The molecule has 1 aliphatic heterocycles. The summed E-state index contributed by atoms with van der Waals surface area (Å²) in [5, 5.41) is 7.26. The fraction of sp³-hybridized carbons (Fsp3) is 0.565. The smallest absolute Gasteiger partial charge is 0.352 e. The Morgan fingerprint density at radius 1 is 1.26 bits per heavy atom. The second-order valence-electron chi connectivity index (χ2n) is 8.84. The van der Waals surface area contributed by atoms with Crippen LogP contribution >= 0.6 is 0 Å². The van der Waals surface area contributed by atoms with Gasteiger partial charge < -0.3 is 10.2 Å². The van der Waals surface area contributed by atoms with Crippen LogP contribution in [0.1, 0.15) is 66.6 Å². The van der Waals surface area contributed by atoms with Crippen molar-refractivity contribution in [3.05, 3.63) is 47.3 Å². The summed E-state index contributed by atoms with van der Waals surface area (Å²) in [6, 6.07) is 5.09. The van der Waals surface area contributed by atoms with E-state index in [4.69, 9.17) is 0 Å². The molecule has 1 aliphatic carbocycles. The summed E-state index contributed by atoms with van der Waals surface area (Å²) in [7, 11) is 0. The van der Waals surface area contributed by atoms with Gasteiger partial charge in [-0.1, -0.05) is 13.0 Å². The Morgan fingerprint density at radius 2 is 2.06 bits per heavy atom. The zero-order valence-electron chi connectivity index (χ0n) is 17.8. The van der Waals surface area contributed by atoms with E-state index in [9.17, 15) is 18.0 Å². The lowest BCUT2D eigenvalue weighted by Crippen LogP contribution is -2.36. The highest BCUT2D eigenvalue weighted by molar-refractivity contribution is 5.95. The molecule has 31 heavy (non-hydrogen) atoms. The molecule has 8 heteroatoms. The van der Waals surface area contributed by atoms with Crippen molar-refractivity contribution in [2.45, 2.75) is 51.1 Å².